The zero-order valence-corrected chi connectivity index (χ0v) is 16.4. The number of fused-ring (bicyclic) bond motifs is 2. The van der Waals surface area contributed by atoms with Crippen molar-refractivity contribution in [3.05, 3.63) is 118 Å². The number of aromatic nitrogens is 3. The van der Waals surface area contributed by atoms with Gasteiger partial charge in [-0.2, -0.15) is 0 Å². The van der Waals surface area contributed by atoms with Crippen molar-refractivity contribution in [2.75, 3.05) is 0 Å². The topological polar surface area (TPSA) is 58.6 Å². The summed E-state index contributed by atoms with van der Waals surface area (Å²) in [4.78, 5) is 24.7. The van der Waals surface area contributed by atoms with E-state index in [0.29, 0.717) is 10.8 Å². The summed E-state index contributed by atoms with van der Waals surface area (Å²) in [5, 5.41) is 1.20. The van der Waals surface area contributed by atoms with Crippen LogP contribution in [-0.4, -0.2) is 15.0 Å². The molecule has 0 bridgehead atoms. The number of benzene rings is 2. The maximum Gasteiger partial charge on any atom is 0.197 e. The molecule has 0 fully saturated rings. The summed E-state index contributed by atoms with van der Waals surface area (Å²) in [6, 6.07) is 18.7. The molecule has 31 heavy (non-hydrogen) atoms. The summed E-state index contributed by atoms with van der Waals surface area (Å²) in [6.07, 6.45) is 6.84. The van der Waals surface area contributed by atoms with Gasteiger partial charge in [-0.1, -0.05) is 23.7 Å². The summed E-state index contributed by atoms with van der Waals surface area (Å²) in [7, 11) is 0. The van der Waals surface area contributed by atoms with Crippen LogP contribution in [0.4, 0.5) is 0 Å². The molecule has 5 rings (SSSR count). The molecule has 1 N–H and O–H groups in total. The largest absolute Gasteiger partial charge is 0.354 e. The molecule has 0 saturated heterocycles. The quantitative estimate of drug-likeness (QED) is 0.314. The van der Waals surface area contributed by atoms with Crippen molar-refractivity contribution < 1.29 is 0 Å². The standard InChI is InChI=1S/C27H15N3O/c31-27-23-15-19(5-7-21-3-1-13-28-17-21)9-11-25(23)30-26-12-10-20(16-24(26)27)6-8-22-4-2-14-29-18-22/h1-4,9-18H,(H,30,31). The number of rotatable bonds is 0. The maximum atomic E-state index is 13.2. The first-order valence-electron chi connectivity index (χ1n) is 9.70. The lowest BCUT2D eigenvalue weighted by atomic mass is 10.1. The smallest absolute Gasteiger partial charge is 0.197 e. The third-order valence-electron chi connectivity index (χ3n) is 4.82. The maximum absolute atomic E-state index is 13.2. The molecule has 3 aromatic heterocycles. The van der Waals surface area contributed by atoms with Crippen molar-refractivity contribution in [3.8, 4) is 23.7 Å². The van der Waals surface area contributed by atoms with Gasteiger partial charge in [0.15, 0.2) is 5.43 Å². The summed E-state index contributed by atoms with van der Waals surface area (Å²) in [5.41, 5.74) is 4.71. The Morgan fingerprint density at radius 1 is 0.613 bits per heavy atom. The molecule has 0 aliphatic carbocycles. The van der Waals surface area contributed by atoms with Gasteiger partial charge in [-0.15, -0.1) is 0 Å². The summed E-state index contributed by atoms with van der Waals surface area (Å²) in [6.45, 7) is 0. The van der Waals surface area contributed by atoms with E-state index in [9.17, 15) is 4.79 Å². The van der Waals surface area contributed by atoms with Gasteiger partial charge in [0, 0.05) is 68.8 Å². The third-order valence-corrected chi connectivity index (χ3v) is 4.82. The van der Waals surface area contributed by atoms with Gasteiger partial charge in [-0.3, -0.25) is 14.8 Å². The lowest BCUT2D eigenvalue weighted by Gasteiger charge is -2.04. The van der Waals surface area contributed by atoms with Gasteiger partial charge in [-0.05, 0) is 60.7 Å². The number of hydrogen-bond acceptors (Lipinski definition) is 3. The molecule has 2 aromatic carbocycles. The highest BCUT2D eigenvalue weighted by Crippen LogP contribution is 2.17. The van der Waals surface area contributed by atoms with Gasteiger partial charge in [0.1, 0.15) is 0 Å². The second kappa shape index (κ2) is 7.99. The third kappa shape index (κ3) is 3.92. The molecule has 5 aromatic rings. The van der Waals surface area contributed by atoms with Crippen LogP contribution in [-0.2, 0) is 0 Å². The molecule has 3 heterocycles. The molecule has 144 valence electrons. The van der Waals surface area contributed by atoms with Crippen LogP contribution in [0.15, 0.2) is 90.2 Å². The average molecular weight is 397 g/mol. The fraction of sp³-hybridized carbons (Fsp3) is 0. The van der Waals surface area contributed by atoms with Crippen molar-refractivity contribution >= 4 is 21.8 Å². The van der Waals surface area contributed by atoms with Crippen LogP contribution in [0, 0.1) is 23.7 Å². The fourth-order valence-corrected chi connectivity index (χ4v) is 3.29. The van der Waals surface area contributed by atoms with Gasteiger partial charge in [0.2, 0.25) is 0 Å². The van der Waals surface area contributed by atoms with Gasteiger partial charge in [-0.25, -0.2) is 0 Å². The highest BCUT2D eigenvalue weighted by Gasteiger charge is 2.06. The molecule has 0 aliphatic heterocycles. The highest BCUT2D eigenvalue weighted by molar-refractivity contribution is 5.93. The zero-order chi connectivity index (χ0) is 21.0. The Kier molecular flexibility index (Phi) is 4.73. The van der Waals surface area contributed by atoms with Crippen LogP contribution in [0.2, 0.25) is 0 Å². The first kappa shape index (κ1) is 18.4. The van der Waals surface area contributed by atoms with E-state index in [1.165, 1.54) is 0 Å². The summed E-state index contributed by atoms with van der Waals surface area (Å²) in [5.74, 6) is 12.4. The molecule has 4 heteroatoms. The van der Waals surface area contributed by atoms with E-state index in [2.05, 4.69) is 38.6 Å². The lowest BCUT2D eigenvalue weighted by molar-refractivity contribution is 1.31. The van der Waals surface area contributed by atoms with E-state index in [-0.39, 0.29) is 5.43 Å². The molecule has 0 spiro atoms. The minimum atomic E-state index is -0.0428. The van der Waals surface area contributed by atoms with Crippen molar-refractivity contribution in [2.45, 2.75) is 0 Å². The van der Waals surface area contributed by atoms with E-state index >= 15 is 0 Å². The minimum absolute atomic E-state index is 0.0428. The second-order valence-corrected chi connectivity index (χ2v) is 6.96. The van der Waals surface area contributed by atoms with Crippen LogP contribution in [0.1, 0.15) is 22.3 Å². The first-order chi connectivity index (χ1) is 15.3. The van der Waals surface area contributed by atoms with E-state index < -0.39 is 0 Å². The Labute approximate surface area is 178 Å². The lowest BCUT2D eigenvalue weighted by Crippen LogP contribution is -2.04. The zero-order valence-electron chi connectivity index (χ0n) is 16.4. The molecular weight excluding hydrogens is 382 g/mol. The highest BCUT2D eigenvalue weighted by atomic mass is 16.1. The predicted molar refractivity (Wildman–Crippen MR) is 123 cm³/mol. The normalized spacial score (nSPS) is 10.2. The van der Waals surface area contributed by atoms with Gasteiger partial charge < -0.3 is 4.98 Å². The molecule has 4 nitrogen and oxygen atoms in total. The molecule has 0 amide bonds. The Morgan fingerprint density at radius 3 is 1.55 bits per heavy atom. The Bertz CT molecular complexity index is 1480. The number of nitrogens with zero attached hydrogens (tertiary/aromatic N) is 2. The number of pyridine rings is 3. The number of nitrogens with one attached hydrogen (secondary N) is 1. The van der Waals surface area contributed by atoms with E-state index in [4.69, 9.17) is 0 Å². The first-order valence-corrected chi connectivity index (χ1v) is 9.70. The molecule has 0 saturated carbocycles. The van der Waals surface area contributed by atoms with E-state index in [1.807, 2.05) is 60.7 Å². The van der Waals surface area contributed by atoms with Crippen molar-refractivity contribution in [3.63, 3.8) is 0 Å². The Morgan fingerprint density at radius 2 is 1.10 bits per heavy atom. The number of aromatic amines is 1. The molecular formula is C27H15N3O. The Hall–Kier alpha value is -4.67. The molecule has 0 aliphatic rings. The van der Waals surface area contributed by atoms with Crippen LogP contribution in [0.3, 0.4) is 0 Å². The number of hydrogen-bond donors (Lipinski definition) is 1. The van der Waals surface area contributed by atoms with Gasteiger partial charge in [0.05, 0.1) is 0 Å². The van der Waals surface area contributed by atoms with E-state index in [1.54, 1.807) is 24.8 Å². The van der Waals surface area contributed by atoms with Gasteiger partial charge >= 0.3 is 0 Å². The number of H-pyrrole nitrogens is 1. The second-order valence-electron chi connectivity index (χ2n) is 6.96. The van der Waals surface area contributed by atoms with Crippen LogP contribution in [0.5, 0.6) is 0 Å². The van der Waals surface area contributed by atoms with Crippen LogP contribution >= 0.6 is 0 Å². The molecule has 0 radical (unpaired) electrons. The Balaban J connectivity index is 1.58. The monoisotopic (exact) mass is 397 g/mol. The van der Waals surface area contributed by atoms with Crippen molar-refractivity contribution in [1.29, 1.82) is 0 Å². The van der Waals surface area contributed by atoms with E-state index in [0.717, 1.165) is 33.3 Å². The summed E-state index contributed by atoms with van der Waals surface area (Å²) < 4.78 is 0. The molecule has 0 atom stereocenters. The van der Waals surface area contributed by atoms with Crippen LogP contribution < -0.4 is 5.43 Å². The van der Waals surface area contributed by atoms with Crippen LogP contribution in [0.25, 0.3) is 21.8 Å². The molecule has 0 unspecified atom stereocenters. The van der Waals surface area contributed by atoms with Crippen molar-refractivity contribution in [2.24, 2.45) is 0 Å². The van der Waals surface area contributed by atoms with Crippen molar-refractivity contribution in [1.82, 2.24) is 15.0 Å². The SMILES string of the molecule is O=c1c2cc(C#Cc3cccnc3)ccc2[nH]c2ccc(C#Cc3cccnc3)cc12. The predicted octanol–water partition coefficient (Wildman–Crippen LogP) is 4.27. The fourth-order valence-electron chi connectivity index (χ4n) is 3.29. The minimum Gasteiger partial charge on any atom is -0.354 e. The van der Waals surface area contributed by atoms with Gasteiger partial charge in [0.25, 0.3) is 0 Å². The average Bonchev–Trinajstić information content (AvgIpc) is 2.83. The summed E-state index contributed by atoms with van der Waals surface area (Å²) >= 11 is 0.